The summed E-state index contributed by atoms with van der Waals surface area (Å²) in [5.41, 5.74) is 0. The van der Waals surface area contributed by atoms with Crippen LogP contribution in [0.25, 0.3) is 0 Å². The smallest absolute Gasteiger partial charge is 0.333 e. The highest BCUT2D eigenvalue weighted by molar-refractivity contribution is 5.84. The molecule has 0 aliphatic carbocycles. The van der Waals surface area contributed by atoms with E-state index in [0.29, 0.717) is 43.3 Å². The average Bonchev–Trinajstić information content (AvgIpc) is 2.87. The summed E-state index contributed by atoms with van der Waals surface area (Å²) in [5.74, 6) is -3.74. The SMILES string of the molecule is CC1OC(OCCNC(=O)CCCCCNC(=O)CN(CC(=O)NCCCCCC(=O)On2c(O)ccc2O)CC(=O)NCCOC2OC(COC3OC(CO)C(O)C(O)C3O)C(O)C(OC3OC(CO)C(O)C(O)C3O)C2O)C(O)CC1O. The van der Waals surface area contributed by atoms with Crippen molar-refractivity contribution in [3.05, 3.63) is 12.1 Å². The van der Waals surface area contributed by atoms with E-state index >= 15 is 0 Å². The zero-order chi connectivity index (χ0) is 61.6. The summed E-state index contributed by atoms with van der Waals surface area (Å²) < 4.78 is 45.0. The number of aromatic hydroxyl groups is 2. The van der Waals surface area contributed by atoms with Gasteiger partial charge in [-0.05, 0) is 32.6 Å². The van der Waals surface area contributed by atoms with Gasteiger partial charge >= 0.3 is 5.97 Å². The fourth-order valence-electron chi connectivity index (χ4n) is 9.18. The highest BCUT2D eigenvalue weighted by atomic mass is 16.8. The predicted octanol–water partition coefficient (Wildman–Crippen LogP) is -8.92. The minimum Gasteiger partial charge on any atom is -0.492 e. The molecule has 34 nitrogen and oxygen atoms in total. The minimum absolute atomic E-state index is 0.0692. The molecule has 1 aromatic rings. The van der Waals surface area contributed by atoms with Crippen LogP contribution in [0.5, 0.6) is 11.8 Å². The van der Waals surface area contributed by atoms with E-state index in [2.05, 4.69) is 21.3 Å². The summed E-state index contributed by atoms with van der Waals surface area (Å²) in [4.78, 5) is 70.3. The monoisotopic (exact) mass is 1220 g/mol. The molecule has 4 amide bonds. The second-order valence-corrected chi connectivity index (χ2v) is 20.6. The molecule has 34 heteroatoms. The van der Waals surface area contributed by atoms with Crippen LogP contribution in [0.2, 0.25) is 0 Å². The largest absolute Gasteiger partial charge is 0.492 e. The second kappa shape index (κ2) is 35.3. The first-order valence-electron chi connectivity index (χ1n) is 27.8. The number of aromatic nitrogens is 1. The fourth-order valence-corrected chi connectivity index (χ4v) is 9.18. The Kier molecular flexibility index (Phi) is 29.4. The molecular weight excluding hydrogens is 1130 g/mol. The maximum atomic E-state index is 13.4. The number of ether oxygens (including phenoxy) is 8. The van der Waals surface area contributed by atoms with Crippen LogP contribution in [0, 0.1) is 0 Å². The Bertz CT molecular complexity index is 2150. The van der Waals surface area contributed by atoms with Crippen LogP contribution in [0.1, 0.15) is 64.7 Å². The zero-order valence-electron chi connectivity index (χ0n) is 46.3. The van der Waals surface area contributed by atoms with Crippen molar-refractivity contribution in [1.82, 2.24) is 30.9 Å². The lowest BCUT2D eigenvalue weighted by Gasteiger charge is -2.46. The molecule has 4 aliphatic rings. The first-order chi connectivity index (χ1) is 40.0. The zero-order valence-corrected chi connectivity index (χ0v) is 46.3. The van der Waals surface area contributed by atoms with Crippen LogP contribution in [-0.4, -0.2) is 306 Å². The van der Waals surface area contributed by atoms with Crippen molar-refractivity contribution >= 4 is 29.6 Å². The van der Waals surface area contributed by atoms with E-state index in [0.717, 1.165) is 12.1 Å². The van der Waals surface area contributed by atoms with E-state index in [1.54, 1.807) is 6.92 Å². The third-order valence-corrected chi connectivity index (χ3v) is 14.0. The van der Waals surface area contributed by atoms with Crippen LogP contribution in [0.15, 0.2) is 12.1 Å². The van der Waals surface area contributed by atoms with Crippen molar-refractivity contribution in [1.29, 1.82) is 0 Å². The Morgan fingerprint density at radius 1 is 0.524 bits per heavy atom. The van der Waals surface area contributed by atoms with Gasteiger partial charge in [0, 0.05) is 57.6 Å². The molecule has 0 bridgehead atoms. The van der Waals surface area contributed by atoms with E-state index in [-0.39, 0.29) is 58.0 Å². The lowest BCUT2D eigenvalue weighted by molar-refractivity contribution is -0.366. The van der Waals surface area contributed by atoms with Gasteiger partial charge in [0.2, 0.25) is 35.4 Å². The van der Waals surface area contributed by atoms with Gasteiger partial charge in [0.1, 0.15) is 79.4 Å². The topological polar surface area (TPSA) is 508 Å². The molecule has 18 N–H and O–H groups in total. The number of amides is 4. The van der Waals surface area contributed by atoms with Gasteiger partial charge in [-0.2, -0.15) is 0 Å². The minimum atomic E-state index is -1.99. The predicted molar refractivity (Wildman–Crippen MR) is 277 cm³/mol. The number of aliphatic hydroxyl groups excluding tert-OH is 12. The summed E-state index contributed by atoms with van der Waals surface area (Å²) in [7, 11) is 0. The summed E-state index contributed by atoms with van der Waals surface area (Å²) in [6.07, 6.45) is -26.9. The molecule has 19 atom stereocenters. The molecule has 1 aromatic heterocycles. The van der Waals surface area contributed by atoms with Crippen molar-refractivity contribution in [3.8, 4) is 11.8 Å². The lowest BCUT2D eigenvalue weighted by atomic mass is 9.96. The normalized spacial score (nSPS) is 32.6. The molecule has 5 rings (SSSR count). The molecule has 0 spiro atoms. The van der Waals surface area contributed by atoms with E-state index < -0.39 is 198 Å². The average molecular weight is 1220 g/mol. The Hall–Kier alpha value is -4.61. The summed E-state index contributed by atoms with van der Waals surface area (Å²) in [6, 6.07) is 2.26. The molecular formula is C50H84N6O28. The summed E-state index contributed by atoms with van der Waals surface area (Å²) >= 11 is 0. The third kappa shape index (κ3) is 21.4. The fraction of sp³-hybridized carbons (Fsp3) is 0.820. The molecule has 19 unspecified atom stereocenters. The quantitative estimate of drug-likeness (QED) is 0.0285. The Morgan fingerprint density at radius 3 is 1.56 bits per heavy atom. The molecule has 84 heavy (non-hydrogen) atoms. The third-order valence-electron chi connectivity index (χ3n) is 14.0. The molecule has 4 saturated heterocycles. The molecule has 482 valence electrons. The maximum absolute atomic E-state index is 13.4. The van der Waals surface area contributed by atoms with E-state index in [4.69, 9.17) is 42.7 Å². The number of hydrogen-bond acceptors (Lipinski definition) is 29. The lowest BCUT2D eigenvalue weighted by Crippen LogP contribution is -2.65. The number of rotatable bonds is 34. The van der Waals surface area contributed by atoms with Gasteiger partial charge in [-0.1, -0.05) is 12.8 Å². The highest BCUT2D eigenvalue weighted by Crippen LogP contribution is 2.31. The molecule has 5 heterocycles. The van der Waals surface area contributed by atoms with Gasteiger partial charge in [-0.3, -0.25) is 24.1 Å². The van der Waals surface area contributed by atoms with Crippen molar-refractivity contribution < 1.29 is 138 Å². The van der Waals surface area contributed by atoms with Gasteiger partial charge in [-0.25, -0.2) is 4.79 Å². The number of unbranched alkanes of at least 4 members (excludes halogenated alkanes) is 4. The number of carbonyl (C=O) groups excluding carboxylic acids is 5. The molecule has 0 aromatic carbocycles. The van der Waals surface area contributed by atoms with Crippen molar-refractivity contribution in [2.24, 2.45) is 0 Å². The summed E-state index contributed by atoms with van der Waals surface area (Å²) in [5, 5.41) is 154. The first-order valence-corrected chi connectivity index (χ1v) is 27.8. The first kappa shape index (κ1) is 70.2. The van der Waals surface area contributed by atoms with Crippen LogP contribution >= 0.6 is 0 Å². The summed E-state index contributed by atoms with van der Waals surface area (Å²) in [6.45, 7) is -2.24. The van der Waals surface area contributed by atoms with Crippen LogP contribution in [-0.2, 0) is 61.9 Å². The van der Waals surface area contributed by atoms with E-state index in [1.165, 1.54) is 4.90 Å². The highest BCUT2D eigenvalue weighted by Gasteiger charge is 2.52. The molecule has 4 fully saturated rings. The molecule has 0 radical (unpaired) electrons. The molecule has 4 aliphatic heterocycles. The standard InChI is InChI=1S/C50H84N6O28/c1-25-26(59)18-27(60)47(79-25)76-16-14-53-31(61)8-4-2-6-12-51-32(62)19-55(20-33(63)52-13-7-3-5-9-37(67)84-56-35(65)10-11-36(56)66)21-34(64)54-15-17-77-49-45(75)46(83-50-44(74)42(72)39(69)29(23-58)81-50)40(70)30(82-49)24-78-48-43(73)41(71)38(68)28(22-57)80-48/h10-11,25-30,38-50,57-60,65-66,68-75H,2-9,12-24H2,1H3,(H,51,62)(H,52,63)(H,53,61)(H,54,64). The van der Waals surface area contributed by atoms with Crippen molar-refractivity contribution in [2.75, 3.05) is 78.8 Å². The van der Waals surface area contributed by atoms with Crippen LogP contribution < -0.4 is 26.1 Å². The number of nitrogens with zero attached hydrogens (tertiary/aromatic N) is 2. The van der Waals surface area contributed by atoms with Gasteiger partial charge in [0.25, 0.3) is 0 Å². The Morgan fingerprint density at radius 2 is 1.00 bits per heavy atom. The molecule has 0 saturated carbocycles. The number of aliphatic hydroxyl groups is 12. The Labute approximate surface area is 481 Å². The number of carbonyl (C=O) groups is 5. The number of hydrogen-bond donors (Lipinski definition) is 18. The van der Waals surface area contributed by atoms with Crippen molar-refractivity contribution in [3.63, 3.8) is 0 Å². The van der Waals surface area contributed by atoms with E-state index in [1.807, 2.05) is 0 Å². The van der Waals surface area contributed by atoms with Crippen LogP contribution in [0.4, 0.5) is 0 Å². The maximum Gasteiger partial charge on any atom is 0.333 e. The van der Waals surface area contributed by atoms with E-state index in [9.17, 15) is 95.5 Å². The van der Waals surface area contributed by atoms with Gasteiger partial charge in [-0.15, -0.1) is 4.73 Å². The van der Waals surface area contributed by atoms with Crippen molar-refractivity contribution in [2.45, 2.75) is 181 Å². The number of nitrogens with one attached hydrogen (secondary N) is 4. The Balaban J connectivity index is 1.11. The van der Waals surface area contributed by atoms with Gasteiger partial charge in [0.15, 0.2) is 25.2 Å². The van der Waals surface area contributed by atoms with Gasteiger partial charge < -0.3 is 135 Å². The van der Waals surface area contributed by atoms with Gasteiger partial charge in [0.05, 0.1) is 64.9 Å². The second-order valence-electron chi connectivity index (χ2n) is 20.6. The van der Waals surface area contributed by atoms with Crippen LogP contribution in [0.3, 0.4) is 0 Å².